The number of hydrogen-bond acceptors (Lipinski definition) is 8. The summed E-state index contributed by atoms with van der Waals surface area (Å²) in [5, 5.41) is 17.0. The fraction of sp³-hybridized carbons (Fsp3) is 0.170. The van der Waals surface area contributed by atoms with Crippen molar-refractivity contribution in [1.82, 2.24) is 38.6 Å². The highest BCUT2D eigenvalue weighted by molar-refractivity contribution is 14.0. The molecule has 0 radical (unpaired) electrons. The lowest BCUT2D eigenvalue weighted by molar-refractivity contribution is -0.138. The molecule has 0 aliphatic rings. The molecule has 0 saturated heterocycles. The zero-order valence-corrected chi connectivity index (χ0v) is 40.8. The van der Waals surface area contributed by atoms with Crippen molar-refractivity contribution in [2.45, 2.75) is 52.4 Å². The quantitative estimate of drug-likeness (QED) is 0.0878. The number of amides is 1. The standard InChI is InChI=1S/C12H10F3N3O.C12H8F3N3.C11H10F3N3.C8H3F4N.C4H6N2.HI/c1-7-5-18(6-17-7)10-3-8(11(16)19)2-9(4-10)12(13,14)15;1-8-6-18(7-17-8)11-3-9(5-16)2-10(4-11)12(13,14)15;1-7-5-17(6-16-7)10-3-8(11(12,13)14)2-9(15)4-10;9-7-2-5(4-13)1-6(3-7)8(10,11)12;1-4-2-5-3-6-4;/h2-6H,1H3,(H2,16,19);2-4,6-7H,1H3;2-6H,15H2,1H3;1-3H;2-3H,1H3,(H,5,6);1H. The van der Waals surface area contributed by atoms with E-state index < -0.39 is 58.7 Å². The van der Waals surface area contributed by atoms with Crippen LogP contribution in [-0.2, 0) is 24.7 Å². The van der Waals surface area contributed by atoms with Crippen molar-refractivity contribution >= 4 is 35.6 Å². The van der Waals surface area contributed by atoms with Gasteiger partial charge >= 0.3 is 24.7 Å². The third-order valence-electron chi connectivity index (χ3n) is 9.19. The fourth-order valence-corrected chi connectivity index (χ4v) is 5.83. The van der Waals surface area contributed by atoms with Crippen molar-refractivity contribution in [2.24, 2.45) is 5.73 Å². The lowest BCUT2D eigenvalue weighted by Crippen LogP contribution is -2.14. The molecule has 4 heterocycles. The van der Waals surface area contributed by atoms with Crippen LogP contribution in [0.25, 0.3) is 17.1 Å². The average Bonchev–Trinajstić information content (AvgIpc) is 4.15. The largest absolute Gasteiger partial charge is 0.416 e. The lowest BCUT2D eigenvalue weighted by Gasteiger charge is -2.11. The lowest BCUT2D eigenvalue weighted by atomic mass is 10.1. The minimum absolute atomic E-state index is 0. The van der Waals surface area contributed by atoms with E-state index in [2.05, 4.69) is 24.9 Å². The van der Waals surface area contributed by atoms with Crippen LogP contribution in [0.4, 0.5) is 62.8 Å². The number of carbonyl (C=O) groups is 1. The van der Waals surface area contributed by atoms with Crippen LogP contribution >= 0.6 is 24.0 Å². The minimum Gasteiger partial charge on any atom is -0.399 e. The van der Waals surface area contributed by atoms with Gasteiger partial charge in [-0.25, -0.2) is 24.3 Å². The third kappa shape index (κ3) is 18.1. The predicted octanol–water partition coefficient (Wildman–Crippen LogP) is 12.2. The first-order valence-electron chi connectivity index (χ1n) is 20.2. The Kier molecular flexibility index (Phi) is 20.3. The van der Waals surface area contributed by atoms with Gasteiger partial charge in [-0.15, -0.1) is 24.0 Å². The van der Waals surface area contributed by atoms with Gasteiger partial charge in [0.1, 0.15) is 5.82 Å². The van der Waals surface area contributed by atoms with E-state index in [9.17, 15) is 61.9 Å². The van der Waals surface area contributed by atoms with Gasteiger partial charge in [0.2, 0.25) is 5.91 Å². The number of imidazole rings is 4. The molecule has 27 heteroatoms. The summed E-state index contributed by atoms with van der Waals surface area (Å²) < 4.78 is 167. The number of aryl methyl sites for hydroxylation is 4. The SMILES string of the molecule is Cc1cn(-c2cc(C#N)cc(C(F)(F)F)c2)cn1.Cc1cn(-c2cc(C(N)=O)cc(C(F)(F)F)c2)cn1.Cc1cn(-c2cc(N)cc(C(F)(F)F)c2)cn1.Cc1cnc[nH]1.I.N#Cc1cc(F)cc(C(F)(F)F)c1. The number of halogens is 14. The van der Waals surface area contributed by atoms with Crippen LogP contribution in [0, 0.1) is 56.2 Å². The number of aromatic nitrogens is 8. The van der Waals surface area contributed by atoms with E-state index in [0.29, 0.717) is 29.2 Å². The van der Waals surface area contributed by atoms with Crippen LogP contribution in [0.1, 0.15) is 66.5 Å². The Bertz CT molecular complexity index is 3230. The Morgan fingerprint density at radius 3 is 1.27 bits per heavy atom. The molecule has 13 nitrogen and oxygen atoms in total. The zero-order chi connectivity index (χ0) is 54.6. The van der Waals surface area contributed by atoms with Gasteiger partial charge in [0.05, 0.1) is 87.9 Å². The molecule has 4 aromatic heterocycles. The number of nitrogens with two attached hydrogens (primary N) is 2. The number of nitriles is 2. The highest BCUT2D eigenvalue weighted by Crippen LogP contribution is 2.35. The predicted molar refractivity (Wildman–Crippen MR) is 252 cm³/mol. The van der Waals surface area contributed by atoms with Crippen molar-refractivity contribution in [2.75, 3.05) is 5.73 Å². The van der Waals surface area contributed by atoms with Crippen LogP contribution < -0.4 is 11.5 Å². The number of nitrogen functional groups attached to an aromatic ring is 1. The molecule has 8 aromatic rings. The highest BCUT2D eigenvalue weighted by atomic mass is 127. The molecule has 0 saturated carbocycles. The van der Waals surface area contributed by atoms with Crippen molar-refractivity contribution in [3.63, 3.8) is 0 Å². The molecule has 0 fully saturated rings. The summed E-state index contributed by atoms with van der Waals surface area (Å²) in [5.41, 5.74) is 10.3. The average molecular weight is 1160 g/mol. The molecule has 0 bridgehead atoms. The van der Waals surface area contributed by atoms with Gasteiger partial charge in [0, 0.05) is 58.8 Å². The molecule has 0 unspecified atom stereocenters. The molecule has 8 rings (SSSR count). The molecular formula is C47H38F13IN12O. The first kappa shape index (κ1) is 60.1. The Labute approximate surface area is 428 Å². The second-order valence-corrected chi connectivity index (χ2v) is 15.2. The van der Waals surface area contributed by atoms with Crippen molar-refractivity contribution in [3.05, 3.63) is 190 Å². The molecule has 0 aliphatic heterocycles. The molecule has 0 spiro atoms. The van der Waals surface area contributed by atoms with Crippen molar-refractivity contribution in [3.8, 4) is 29.2 Å². The second kappa shape index (κ2) is 25.0. The van der Waals surface area contributed by atoms with E-state index in [0.717, 1.165) is 53.9 Å². The topological polar surface area (TPSA) is 199 Å². The first-order chi connectivity index (χ1) is 33.9. The van der Waals surface area contributed by atoms with Gasteiger partial charge in [-0.05, 0) is 100 Å². The smallest absolute Gasteiger partial charge is 0.399 e. The summed E-state index contributed by atoms with van der Waals surface area (Å²) in [5.74, 6) is -1.98. The highest BCUT2D eigenvalue weighted by Gasteiger charge is 2.34. The number of primary amides is 1. The number of hydrogen-bond donors (Lipinski definition) is 3. The van der Waals surface area contributed by atoms with E-state index in [4.69, 9.17) is 22.0 Å². The summed E-state index contributed by atoms with van der Waals surface area (Å²) >= 11 is 0. The number of aromatic amines is 1. The van der Waals surface area contributed by atoms with Crippen LogP contribution in [0.3, 0.4) is 0 Å². The number of carbonyl (C=O) groups excluding carboxylic acids is 1. The van der Waals surface area contributed by atoms with E-state index in [-0.39, 0.29) is 57.7 Å². The normalized spacial score (nSPS) is 11.1. The number of anilines is 1. The van der Waals surface area contributed by atoms with E-state index in [1.165, 1.54) is 57.0 Å². The number of nitrogens with zero attached hydrogens (tertiary/aromatic N) is 9. The Balaban J connectivity index is 0.000000251. The van der Waals surface area contributed by atoms with Gasteiger partial charge in [-0.2, -0.15) is 63.2 Å². The van der Waals surface area contributed by atoms with E-state index in [1.54, 1.807) is 58.0 Å². The molecule has 390 valence electrons. The number of alkyl halides is 12. The van der Waals surface area contributed by atoms with Gasteiger partial charge in [0.25, 0.3) is 0 Å². The zero-order valence-electron chi connectivity index (χ0n) is 38.5. The maximum Gasteiger partial charge on any atom is 0.416 e. The van der Waals surface area contributed by atoms with Gasteiger partial charge in [-0.1, -0.05) is 0 Å². The van der Waals surface area contributed by atoms with Crippen LogP contribution in [0.15, 0.2) is 123 Å². The first-order valence-corrected chi connectivity index (χ1v) is 20.2. The van der Waals surface area contributed by atoms with E-state index in [1.807, 2.05) is 6.92 Å². The molecule has 4 aromatic carbocycles. The fourth-order valence-electron chi connectivity index (χ4n) is 5.83. The van der Waals surface area contributed by atoms with Gasteiger partial charge in [0.15, 0.2) is 0 Å². The van der Waals surface area contributed by atoms with E-state index >= 15 is 0 Å². The number of nitrogens with one attached hydrogen (secondary N) is 1. The summed E-state index contributed by atoms with van der Waals surface area (Å²) in [7, 11) is 0. The molecule has 0 aliphatic carbocycles. The van der Waals surface area contributed by atoms with Gasteiger partial charge in [-0.3, -0.25) is 4.79 Å². The summed E-state index contributed by atoms with van der Waals surface area (Å²) in [4.78, 5) is 29.6. The monoisotopic (exact) mass is 1160 g/mol. The maximum atomic E-state index is 12.8. The Morgan fingerprint density at radius 2 is 0.932 bits per heavy atom. The Morgan fingerprint density at radius 1 is 0.554 bits per heavy atom. The van der Waals surface area contributed by atoms with Crippen LogP contribution in [0.2, 0.25) is 0 Å². The van der Waals surface area contributed by atoms with Crippen molar-refractivity contribution < 1.29 is 61.9 Å². The van der Waals surface area contributed by atoms with Gasteiger partial charge < -0.3 is 30.2 Å². The van der Waals surface area contributed by atoms with Crippen LogP contribution in [-0.4, -0.2) is 44.5 Å². The molecule has 74 heavy (non-hydrogen) atoms. The Hall–Kier alpha value is -8.21. The minimum atomic E-state index is -4.62. The third-order valence-corrected chi connectivity index (χ3v) is 9.19. The molecule has 0 atom stereocenters. The molecule has 1 amide bonds. The number of rotatable bonds is 4. The summed E-state index contributed by atoms with van der Waals surface area (Å²) in [6.45, 7) is 7.16. The second-order valence-electron chi connectivity index (χ2n) is 15.2. The molecular weight excluding hydrogens is 1120 g/mol. The number of H-pyrrole nitrogens is 1. The van der Waals surface area contributed by atoms with Crippen molar-refractivity contribution in [1.29, 1.82) is 10.5 Å². The van der Waals surface area contributed by atoms with Crippen LogP contribution in [0.5, 0.6) is 0 Å². The number of benzene rings is 4. The molecule has 5 N–H and O–H groups in total. The maximum absolute atomic E-state index is 12.8. The summed E-state index contributed by atoms with van der Waals surface area (Å²) in [6, 6.07) is 14.4. The summed E-state index contributed by atoms with van der Waals surface area (Å²) in [6.07, 6.45) is -5.59.